The largest absolute Gasteiger partial charge is 0.364 e. The van der Waals surface area contributed by atoms with Gasteiger partial charge in [-0.15, -0.1) is 0 Å². The lowest BCUT2D eigenvalue weighted by atomic mass is 9.99. The maximum Gasteiger partial charge on any atom is 0.126 e. The first-order valence-corrected chi connectivity index (χ1v) is 5.07. The van der Waals surface area contributed by atoms with Crippen LogP contribution in [0.4, 0.5) is 5.82 Å². The molecule has 0 amide bonds. The van der Waals surface area contributed by atoms with Crippen LogP contribution < -0.4 is 11.1 Å². The first-order chi connectivity index (χ1) is 6.59. The third-order valence-electron chi connectivity index (χ3n) is 2.39. The van der Waals surface area contributed by atoms with E-state index >= 15 is 0 Å². The van der Waals surface area contributed by atoms with Gasteiger partial charge in [0, 0.05) is 18.3 Å². The molecule has 4 heteroatoms. The van der Waals surface area contributed by atoms with E-state index in [0.29, 0.717) is 11.6 Å². The number of nitrogens with two attached hydrogens (primary N) is 1. The van der Waals surface area contributed by atoms with E-state index in [9.17, 15) is 0 Å². The maximum atomic E-state index is 5.74. The van der Waals surface area contributed by atoms with Crippen molar-refractivity contribution in [1.29, 1.82) is 0 Å². The quantitative estimate of drug-likeness (QED) is 0.807. The van der Waals surface area contributed by atoms with Crippen LogP contribution in [0.2, 0.25) is 5.02 Å². The van der Waals surface area contributed by atoms with Gasteiger partial charge in [-0.05, 0) is 25.5 Å². The zero-order valence-electron chi connectivity index (χ0n) is 8.55. The summed E-state index contributed by atoms with van der Waals surface area (Å²) in [5.41, 5.74) is 5.58. The summed E-state index contributed by atoms with van der Waals surface area (Å²) < 4.78 is 0. The molecule has 1 unspecified atom stereocenters. The first kappa shape index (κ1) is 11.3. The van der Waals surface area contributed by atoms with E-state index in [2.05, 4.69) is 24.1 Å². The molecule has 0 fully saturated rings. The van der Waals surface area contributed by atoms with Crippen molar-refractivity contribution in [2.24, 2.45) is 5.73 Å². The van der Waals surface area contributed by atoms with Gasteiger partial charge in [-0.1, -0.05) is 18.5 Å². The highest BCUT2D eigenvalue weighted by atomic mass is 35.5. The van der Waals surface area contributed by atoms with Crippen molar-refractivity contribution >= 4 is 17.4 Å². The van der Waals surface area contributed by atoms with Gasteiger partial charge in [0.15, 0.2) is 0 Å². The van der Waals surface area contributed by atoms with Crippen molar-refractivity contribution in [3.05, 3.63) is 23.4 Å². The Balaban J connectivity index is 2.72. The normalized spacial score (nSPS) is 14.9. The van der Waals surface area contributed by atoms with Crippen molar-refractivity contribution in [3.63, 3.8) is 0 Å². The molecule has 1 atom stereocenters. The SMILES string of the molecule is CCC(C)(CN)Nc1ccc(Cl)cn1. The first-order valence-electron chi connectivity index (χ1n) is 4.69. The van der Waals surface area contributed by atoms with E-state index < -0.39 is 0 Å². The fraction of sp³-hybridized carbons (Fsp3) is 0.500. The van der Waals surface area contributed by atoms with Crippen LogP contribution in [0, 0.1) is 0 Å². The zero-order valence-corrected chi connectivity index (χ0v) is 9.30. The van der Waals surface area contributed by atoms with Crippen LogP contribution >= 0.6 is 11.6 Å². The number of rotatable bonds is 4. The number of nitrogens with one attached hydrogen (secondary N) is 1. The molecule has 1 aromatic heterocycles. The Morgan fingerprint density at radius 2 is 2.29 bits per heavy atom. The van der Waals surface area contributed by atoms with E-state index in [-0.39, 0.29) is 5.54 Å². The number of halogens is 1. The van der Waals surface area contributed by atoms with Gasteiger partial charge in [0.1, 0.15) is 5.82 Å². The minimum atomic E-state index is -0.0964. The summed E-state index contributed by atoms with van der Waals surface area (Å²) in [5, 5.41) is 3.93. The summed E-state index contributed by atoms with van der Waals surface area (Å²) in [5.74, 6) is 0.809. The molecular weight excluding hydrogens is 198 g/mol. The molecule has 0 bridgehead atoms. The van der Waals surface area contributed by atoms with Gasteiger partial charge >= 0.3 is 0 Å². The van der Waals surface area contributed by atoms with E-state index in [4.69, 9.17) is 17.3 Å². The molecule has 3 N–H and O–H groups in total. The average Bonchev–Trinajstić information content (AvgIpc) is 2.21. The van der Waals surface area contributed by atoms with Crippen LogP contribution in [-0.2, 0) is 0 Å². The second-order valence-electron chi connectivity index (χ2n) is 3.60. The molecule has 0 saturated heterocycles. The minimum Gasteiger partial charge on any atom is -0.364 e. The number of hydrogen-bond donors (Lipinski definition) is 2. The topological polar surface area (TPSA) is 50.9 Å². The summed E-state index contributed by atoms with van der Waals surface area (Å²) in [7, 11) is 0. The predicted octanol–water partition coefficient (Wildman–Crippen LogP) is 2.27. The van der Waals surface area contributed by atoms with Crippen molar-refractivity contribution in [2.45, 2.75) is 25.8 Å². The highest BCUT2D eigenvalue weighted by molar-refractivity contribution is 6.30. The summed E-state index contributed by atoms with van der Waals surface area (Å²) in [6.45, 7) is 4.74. The Morgan fingerprint density at radius 3 is 2.71 bits per heavy atom. The molecular formula is C10H16ClN3. The van der Waals surface area contributed by atoms with Crippen LogP contribution in [0.3, 0.4) is 0 Å². The molecule has 3 nitrogen and oxygen atoms in total. The van der Waals surface area contributed by atoms with E-state index in [1.807, 2.05) is 12.1 Å². The van der Waals surface area contributed by atoms with Crippen LogP contribution in [0.1, 0.15) is 20.3 Å². The molecule has 1 heterocycles. The smallest absolute Gasteiger partial charge is 0.126 e. The Morgan fingerprint density at radius 1 is 1.57 bits per heavy atom. The van der Waals surface area contributed by atoms with Crippen molar-refractivity contribution < 1.29 is 0 Å². The monoisotopic (exact) mass is 213 g/mol. The number of pyridine rings is 1. The fourth-order valence-electron chi connectivity index (χ4n) is 1.04. The second-order valence-corrected chi connectivity index (χ2v) is 4.04. The van der Waals surface area contributed by atoms with Gasteiger partial charge in [-0.2, -0.15) is 0 Å². The van der Waals surface area contributed by atoms with Gasteiger partial charge in [0.2, 0.25) is 0 Å². The van der Waals surface area contributed by atoms with Gasteiger partial charge in [-0.25, -0.2) is 4.98 Å². The summed E-state index contributed by atoms with van der Waals surface area (Å²) in [6.07, 6.45) is 2.57. The Bertz CT molecular complexity index is 280. The van der Waals surface area contributed by atoms with Crippen LogP contribution in [0.25, 0.3) is 0 Å². The predicted molar refractivity (Wildman–Crippen MR) is 60.6 cm³/mol. The van der Waals surface area contributed by atoms with Gasteiger partial charge in [0.05, 0.1) is 5.02 Å². The fourth-order valence-corrected chi connectivity index (χ4v) is 1.15. The molecule has 0 spiro atoms. The summed E-state index contributed by atoms with van der Waals surface area (Å²) >= 11 is 5.74. The Labute approximate surface area is 89.7 Å². The van der Waals surface area contributed by atoms with E-state index in [1.54, 1.807) is 6.20 Å². The van der Waals surface area contributed by atoms with E-state index in [0.717, 1.165) is 12.2 Å². The molecule has 1 rings (SSSR count). The lowest BCUT2D eigenvalue weighted by Gasteiger charge is -2.28. The Kier molecular flexibility index (Phi) is 3.72. The third kappa shape index (κ3) is 2.86. The molecule has 0 aliphatic heterocycles. The number of aromatic nitrogens is 1. The van der Waals surface area contributed by atoms with Crippen molar-refractivity contribution in [3.8, 4) is 0 Å². The molecule has 0 aliphatic rings. The maximum absolute atomic E-state index is 5.74. The molecule has 0 aliphatic carbocycles. The number of nitrogens with zero attached hydrogens (tertiary/aromatic N) is 1. The minimum absolute atomic E-state index is 0.0964. The molecule has 0 aromatic carbocycles. The standard InChI is InChI=1S/C10H16ClN3/c1-3-10(2,7-12)14-9-5-4-8(11)6-13-9/h4-6H,3,7,12H2,1-2H3,(H,13,14). The average molecular weight is 214 g/mol. The highest BCUT2D eigenvalue weighted by Gasteiger charge is 2.19. The van der Waals surface area contributed by atoms with Gasteiger partial charge in [-0.3, -0.25) is 0 Å². The zero-order chi connectivity index (χ0) is 10.6. The number of hydrogen-bond acceptors (Lipinski definition) is 3. The lowest BCUT2D eigenvalue weighted by Crippen LogP contribution is -2.42. The summed E-state index contributed by atoms with van der Waals surface area (Å²) in [6, 6.07) is 3.66. The van der Waals surface area contributed by atoms with Crippen molar-refractivity contribution in [1.82, 2.24) is 4.98 Å². The molecule has 14 heavy (non-hydrogen) atoms. The van der Waals surface area contributed by atoms with Gasteiger partial charge in [0.25, 0.3) is 0 Å². The lowest BCUT2D eigenvalue weighted by molar-refractivity contribution is 0.504. The van der Waals surface area contributed by atoms with E-state index in [1.165, 1.54) is 0 Å². The molecule has 78 valence electrons. The third-order valence-corrected chi connectivity index (χ3v) is 2.61. The van der Waals surface area contributed by atoms with Crippen LogP contribution in [0.15, 0.2) is 18.3 Å². The van der Waals surface area contributed by atoms with Crippen LogP contribution in [0.5, 0.6) is 0 Å². The Hall–Kier alpha value is -0.800. The van der Waals surface area contributed by atoms with Crippen molar-refractivity contribution in [2.75, 3.05) is 11.9 Å². The second kappa shape index (κ2) is 4.62. The van der Waals surface area contributed by atoms with Crippen LogP contribution in [-0.4, -0.2) is 17.1 Å². The van der Waals surface area contributed by atoms with Gasteiger partial charge < -0.3 is 11.1 Å². The molecule has 1 aromatic rings. The highest BCUT2D eigenvalue weighted by Crippen LogP contribution is 2.16. The molecule has 0 radical (unpaired) electrons. The summed E-state index contributed by atoms with van der Waals surface area (Å²) in [4.78, 5) is 4.16. The molecule has 0 saturated carbocycles. The number of anilines is 1.